The van der Waals surface area contributed by atoms with Gasteiger partial charge >= 0.3 is 12.3 Å². The second-order valence-corrected chi connectivity index (χ2v) is 9.34. The van der Waals surface area contributed by atoms with Crippen LogP contribution in [0.3, 0.4) is 0 Å². The topological polar surface area (TPSA) is 93.9 Å². The summed E-state index contributed by atoms with van der Waals surface area (Å²) < 4.78 is 57.4. The molecule has 0 bridgehead atoms. The molecule has 1 aliphatic rings. The van der Waals surface area contributed by atoms with E-state index in [1.165, 1.54) is 24.4 Å². The minimum absolute atomic E-state index is 0.137. The molecule has 11 heteroatoms. The molecule has 0 unspecified atom stereocenters. The second kappa shape index (κ2) is 9.81. The van der Waals surface area contributed by atoms with Gasteiger partial charge in [0.05, 0.1) is 36.6 Å². The minimum Gasteiger partial charge on any atom is -0.459 e. The monoisotopic (exact) mass is 505 g/mol. The highest BCUT2D eigenvalue weighted by atomic mass is 19.4. The van der Waals surface area contributed by atoms with Crippen molar-refractivity contribution in [1.29, 1.82) is 0 Å². The van der Waals surface area contributed by atoms with Gasteiger partial charge in [-0.1, -0.05) is 0 Å². The molecule has 2 amide bonds. The number of morpholine rings is 1. The van der Waals surface area contributed by atoms with Crippen LogP contribution in [-0.2, 0) is 22.2 Å². The van der Waals surface area contributed by atoms with Crippen LogP contribution < -0.4 is 5.32 Å². The van der Waals surface area contributed by atoms with Gasteiger partial charge in [0, 0.05) is 30.2 Å². The molecule has 1 aromatic carbocycles. The van der Waals surface area contributed by atoms with Crippen molar-refractivity contribution in [1.82, 2.24) is 15.2 Å². The number of hydrogen-bond acceptors (Lipinski definition) is 6. The van der Waals surface area contributed by atoms with Crippen molar-refractivity contribution in [2.45, 2.75) is 39.1 Å². The Labute approximate surface area is 205 Å². The molecule has 0 spiro atoms. The number of aromatic nitrogens is 1. The summed E-state index contributed by atoms with van der Waals surface area (Å²) in [5.41, 5.74) is -1.19. The third-order valence-electron chi connectivity index (χ3n) is 5.38. The fourth-order valence-corrected chi connectivity index (χ4v) is 3.77. The summed E-state index contributed by atoms with van der Waals surface area (Å²) in [6.07, 6.45) is -4.04. The molecule has 1 N–H and O–H groups in total. The number of nitrogens with zero attached hydrogens (tertiary/aromatic N) is 2. The first kappa shape index (κ1) is 25.5. The van der Waals surface area contributed by atoms with Crippen LogP contribution >= 0.6 is 0 Å². The van der Waals surface area contributed by atoms with Crippen molar-refractivity contribution in [3.05, 3.63) is 53.4 Å². The molecule has 0 saturated carbocycles. The largest absolute Gasteiger partial charge is 0.459 e. The lowest BCUT2D eigenvalue weighted by atomic mass is 10.0. The van der Waals surface area contributed by atoms with E-state index in [-0.39, 0.29) is 40.4 Å². The Hall–Kier alpha value is -3.60. The van der Waals surface area contributed by atoms with Crippen LogP contribution in [-0.4, -0.2) is 53.8 Å². The molecule has 36 heavy (non-hydrogen) atoms. The molecule has 1 aliphatic heterocycles. The zero-order chi connectivity index (χ0) is 26.1. The van der Waals surface area contributed by atoms with E-state index in [2.05, 4.69) is 10.3 Å². The minimum atomic E-state index is -4.69. The highest BCUT2D eigenvalue weighted by molar-refractivity contribution is 5.94. The first-order chi connectivity index (χ1) is 16.9. The lowest BCUT2D eigenvalue weighted by Gasteiger charge is -2.26. The fourth-order valence-electron chi connectivity index (χ4n) is 3.77. The van der Waals surface area contributed by atoms with Gasteiger partial charge in [0.2, 0.25) is 0 Å². The number of amides is 2. The first-order valence-corrected chi connectivity index (χ1v) is 11.3. The van der Waals surface area contributed by atoms with Crippen LogP contribution in [0.15, 0.2) is 40.9 Å². The third-order valence-corrected chi connectivity index (χ3v) is 5.38. The number of nitrogens with one attached hydrogen (secondary N) is 1. The maximum absolute atomic E-state index is 13.9. The maximum atomic E-state index is 13.9. The van der Waals surface area contributed by atoms with E-state index in [0.29, 0.717) is 31.9 Å². The first-order valence-electron chi connectivity index (χ1n) is 11.3. The molecule has 1 saturated heterocycles. The lowest BCUT2D eigenvalue weighted by molar-refractivity contribution is -0.136. The Morgan fingerprint density at radius 2 is 1.83 bits per heavy atom. The van der Waals surface area contributed by atoms with Crippen molar-refractivity contribution in [3.8, 4) is 11.3 Å². The maximum Gasteiger partial charge on any atom is 0.420 e. The number of ether oxygens (including phenoxy) is 2. The number of rotatable bonds is 4. The van der Waals surface area contributed by atoms with Gasteiger partial charge in [-0.3, -0.25) is 9.78 Å². The number of alkyl carbamates (subject to hydrolysis) is 1. The molecule has 3 heterocycles. The van der Waals surface area contributed by atoms with Gasteiger partial charge < -0.3 is 24.1 Å². The molecular formula is C25H26F3N3O5. The van der Waals surface area contributed by atoms with Crippen molar-refractivity contribution in [2.24, 2.45) is 0 Å². The SMILES string of the molecule is CC(C)(C)OC(=O)NCc1cc2cc(-c3ccc(C(=O)N4CCOCC4)cn3)cc(C(F)(F)F)c2o1. The van der Waals surface area contributed by atoms with Gasteiger partial charge in [0.15, 0.2) is 0 Å². The van der Waals surface area contributed by atoms with Crippen molar-refractivity contribution in [2.75, 3.05) is 26.3 Å². The number of pyridine rings is 1. The summed E-state index contributed by atoms with van der Waals surface area (Å²) in [6.45, 7) is 6.80. The predicted octanol–water partition coefficient (Wildman–Crippen LogP) is 5.01. The zero-order valence-electron chi connectivity index (χ0n) is 20.1. The summed E-state index contributed by atoms with van der Waals surface area (Å²) in [4.78, 5) is 30.4. The molecule has 1 fully saturated rings. The van der Waals surface area contributed by atoms with Gasteiger partial charge in [0.1, 0.15) is 16.9 Å². The van der Waals surface area contributed by atoms with Gasteiger partial charge in [0.25, 0.3) is 5.91 Å². The lowest BCUT2D eigenvalue weighted by Crippen LogP contribution is -2.40. The molecule has 0 aliphatic carbocycles. The number of benzene rings is 1. The van der Waals surface area contributed by atoms with Crippen LogP contribution in [0.25, 0.3) is 22.2 Å². The van der Waals surface area contributed by atoms with Crippen molar-refractivity contribution >= 4 is 23.0 Å². The quantitative estimate of drug-likeness (QED) is 0.536. The third kappa shape index (κ3) is 5.96. The van der Waals surface area contributed by atoms with E-state index in [9.17, 15) is 22.8 Å². The summed E-state index contributed by atoms with van der Waals surface area (Å²) in [5.74, 6) is -0.0707. The number of fused-ring (bicyclic) bond motifs is 1. The normalized spacial score (nSPS) is 14.7. The van der Waals surface area contributed by atoms with Crippen LogP contribution in [0.5, 0.6) is 0 Å². The van der Waals surface area contributed by atoms with Crippen LogP contribution in [0.4, 0.5) is 18.0 Å². The number of furan rings is 1. The molecule has 2 aromatic heterocycles. The molecule has 192 valence electrons. The summed E-state index contributed by atoms with van der Waals surface area (Å²) in [7, 11) is 0. The molecule has 0 atom stereocenters. The van der Waals surface area contributed by atoms with Crippen LogP contribution in [0, 0.1) is 0 Å². The van der Waals surface area contributed by atoms with E-state index in [4.69, 9.17) is 13.9 Å². The van der Waals surface area contributed by atoms with Gasteiger partial charge in [-0.2, -0.15) is 13.2 Å². The Morgan fingerprint density at radius 1 is 1.11 bits per heavy atom. The Kier molecular flexibility index (Phi) is 6.94. The highest BCUT2D eigenvalue weighted by Gasteiger charge is 2.35. The molecular weight excluding hydrogens is 479 g/mol. The second-order valence-electron chi connectivity index (χ2n) is 9.34. The van der Waals surface area contributed by atoms with E-state index >= 15 is 0 Å². The van der Waals surface area contributed by atoms with Gasteiger partial charge in [-0.25, -0.2) is 4.79 Å². The molecule has 3 aromatic rings. The fraction of sp³-hybridized carbons (Fsp3) is 0.400. The zero-order valence-corrected chi connectivity index (χ0v) is 20.1. The predicted molar refractivity (Wildman–Crippen MR) is 124 cm³/mol. The van der Waals surface area contributed by atoms with Crippen molar-refractivity contribution < 1.29 is 36.7 Å². The Bertz CT molecular complexity index is 1260. The van der Waals surface area contributed by atoms with Crippen molar-refractivity contribution in [3.63, 3.8) is 0 Å². The van der Waals surface area contributed by atoms with Gasteiger partial charge in [-0.05, 0) is 51.1 Å². The van der Waals surface area contributed by atoms with Gasteiger partial charge in [-0.15, -0.1) is 0 Å². The highest BCUT2D eigenvalue weighted by Crippen LogP contribution is 2.39. The number of carbonyl (C=O) groups is 2. The van der Waals surface area contributed by atoms with E-state index in [0.717, 1.165) is 6.07 Å². The average Bonchev–Trinajstić information content (AvgIpc) is 3.23. The van der Waals surface area contributed by atoms with E-state index in [1.807, 2.05) is 0 Å². The molecule has 4 rings (SSSR count). The number of carbonyl (C=O) groups excluding carboxylic acids is 2. The van der Waals surface area contributed by atoms with Crippen LogP contribution in [0.1, 0.15) is 42.5 Å². The number of hydrogen-bond donors (Lipinski definition) is 1. The average molecular weight is 505 g/mol. The van der Waals surface area contributed by atoms with Crippen LogP contribution in [0.2, 0.25) is 0 Å². The summed E-state index contributed by atoms with van der Waals surface area (Å²) >= 11 is 0. The van der Waals surface area contributed by atoms with E-state index < -0.39 is 23.4 Å². The smallest absolute Gasteiger partial charge is 0.420 e. The standard InChI is InChI=1S/C25H26F3N3O5/c1-24(2,3)36-23(33)30-14-18-11-17-10-16(12-19(21(17)35-18)25(26,27)28)20-5-4-15(13-29-20)22(32)31-6-8-34-9-7-31/h4-5,10-13H,6-9,14H2,1-3H3,(H,30,33). The number of alkyl halides is 3. The Balaban J connectivity index is 1.60. The Morgan fingerprint density at radius 3 is 2.44 bits per heavy atom. The summed E-state index contributed by atoms with van der Waals surface area (Å²) in [5, 5.41) is 2.68. The molecule has 0 radical (unpaired) electrons. The molecule has 8 nitrogen and oxygen atoms in total. The number of halogens is 3. The van der Waals surface area contributed by atoms with E-state index in [1.54, 1.807) is 31.7 Å². The summed E-state index contributed by atoms with van der Waals surface area (Å²) in [6, 6.07) is 6.98.